The molecule has 2 unspecified atom stereocenters. The van der Waals surface area contributed by atoms with Gasteiger partial charge in [-0.2, -0.15) is 5.26 Å². The standard InChI is InChI=1S/C15H21N3/c1-13-8-18(9-14-6-4-3-5-7-14)11-15(13,2)10-17-12-16/h3-7,13,17H,8-11H2,1-2H3. The Labute approximate surface area is 109 Å². The molecule has 1 aromatic carbocycles. The highest BCUT2D eigenvalue weighted by molar-refractivity contribution is 5.15. The maximum Gasteiger partial charge on any atom is 0.176 e. The Morgan fingerprint density at radius 2 is 2.17 bits per heavy atom. The van der Waals surface area contributed by atoms with Gasteiger partial charge in [0, 0.05) is 31.6 Å². The lowest BCUT2D eigenvalue weighted by Gasteiger charge is -2.27. The van der Waals surface area contributed by atoms with Crippen LogP contribution in [-0.2, 0) is 6.54 Å². The van der Waals surface area contributed by atoms with E-state index in [1.807, 2.05) is 6.19 Å². The van der Waals surface area contributed by atoms with Gasteiger partial charge in [0.25, 0.3) is 0 Å². The summed E-state index contributed by atoms with van der Waals surface area (Å²) in [5.41, 5.74) is 1.56. The third kappa shape index (κ3) is 2.83. The van der Waals surface area contributed by atoms with E-state index in [1.54, 1.807) is 0 Å². The Balaban J connectivity index is 1.96. The third-order valence-electron chi connectivity index (χ3n) is 4.13. The van der Waals surface area contributed by atoms with E-state index < -0.39 is 0 Å². The summed E-state index contributed by atoms with van der Waals surface area (Å²) in [4.78, 5) is 2.49. The highest BCUT2D eigenvalue weighted by atomic mass is 15.2. The Bertz CT molecular complexity index is 423. The van der Waals surface area contributed by atoms with Gasteiger partial charge in [0.1, 0.15) is 0 Å². The van der Waals surface area contributed by atoms with Crippen LogP contribution in [0.25, 0.3) is 0 Å². The Morgan fingerprint density at radius 1 is 1.44 bits per heavy atom. The predicted molar refractivity (Wildman–Crippen MR) is 72.6 cm³/mol. The molecule has 1 aromatic rings. The lowest BCUT2D eigenvalue weighted by Crippen LogP contribution is -2.35. The molecule has 0 saturated carbocycles. The van der Waals surface area contributed by atoms with E-state index in [0.29, 0.717) is 5.92 Å². The molecule has 0 aliphatic carbocycles. The number of nitrogens with zero attached hydrogens (tertiary/aromatic N) is 2. The van der Waals surface area contributed by atoms with Crippen LogP contribution in [0.5, 0.6) is 0 Å². The molecule has 3 nitrogen and oxygen atoms in total. The van der Waals surface area contributed by atoms with Crippen molar-refractivity contribution in [2.75, 3.05) is 19.6 Å². The van der Waals surface area contributed by atoms with Gasteiger partial charge in [-0.15, -0.1) is 0 Å². The largest absolute Gasteiger partial charge is 0.323 e. The van der Waals surface area contributed by atoms with Crippen molar-refractivity contribution in [2.45, 2.75) is 20.4 Å². The van der Waals surface area contributed by atoms with Gasteiger partial charge in [-0.1, -0.05) is 44.2 Å². The van der Waals surface area contributed by atoms with Crippen molar-refractivity contribution >= 4 is 0 Å². The quantitative estimate of drug-likeness (QED) is 0.651. The zero-order valence-corrected chi connectivity index (χ0v) is 11.2. The number of rotatable bonds is 4. The summed E-state index contributed by atoms with van der Waals surface area (Å²) in [6, 6.07) is 10.6. The Morgan fingerprint density at radius 3 is 2.83 bits per heavy atom. The van der Waals surface area contributed by atoms with Gasteiger partial charge < -0.3 is 5.32 Å². The molecule has 1 aliphatic rings. The fourth-order valence-corrected chi connectivity index (χ4v) is 2.77. The summed E-state index contributed by atoms with van der Waals surface area (Å²) >= 11 is 0. The van der Waals surface area contributed by atoms with Crippen LogP contribution >= 0.6 is 0 Å². The summed E-state index contributed by atoms with van der Waals surface area (Å²) in [5.74, 6) is 0.613. The maximum atomic E-state index is 8.65. The lowest BCUT2D eigenvalue weighted by molar-refractivity contribution is 0.248. The smallest absolute Gasteiger partial charge is 0.176 e. The lowest BCUT2D eigenvalue weighted by atomic mass is 9.81. The normalized spacial score (nSPS) is 27.9. The molecule has 0 aromatic heterocycles. The molecule has 2 rings (SSSR count). The molecule has 0 radical (unpaired) electrons. The number of hydrogen-bond donors (Lipinski definition) is 1. The molecule has 0 amide bonds. The Kier molecular flexibility index (Phi) is 3.88. The van der Waals surface area contributed by atoms with Gasteiger partial charge >= 0.3 is 0 Å². The number of likely N-dealkylation sites (tertiary alicyclic amines) is 1. The molecular formula is C15H21N3. The van der Waals surface area contributed by atoms with Crippen molar-refractivity contribution in [2.24, 2.45) is 11.3 Å². The fourth-order valence-electron chi connectivity index (χ4n) is 2.77. The molecule has 1 saturated heterocycles. The minimum absolute atomic E-state index is 0.199. The van der Waals surface area contributed by atoms with Crippen LogP contribution in [0.4, 0.5) is 0 Å². The molecule has 1 N–H and O–H groups in total. The number of nitrogens with one attached hydrogen (secondary N) is 1. The minimum atomic E-state index is 0.199. The SMILES string of the molecule is CC1CN(Cc2ccccc2)CC1(C)CNC#N. The number of nitriles is 1. The molecule has 0 spiro atoms. The Hall–Kier alpha value is -1.53. The van der Waals surface area contributed by atoms with Gasteiger partial charge in [0.05, 0.1) is 0 Å². The maximum absolute atomic E-state index is 8.65. The molecule has 2 atom stereocenters. The molecule has 18 heavy (non-hydrogen) atoms. The first-order valence-electron chi connectivity index (χ1n) is 6.52. The van der Waals surface area contributed by atoms with E-state index in [-0.39, 0.29) is 5.41 Å². The van der Waals surface area contributed by atoms with Crippen molar-refractivity contribution in [3.63, 3.8) is 0 Å². The molecule has 96 valence electrons. The highest BCUT2D eigenvalue weighted by Crippen LogP contribution is 2.35. The molecule has 1 aliphatic heterocycles. The van der Waals surface area contributed by atoms with E-state index >= 15 is 0 Å². The number of benzene rings is 1. The van der Waals surface area contributed by atoms with Crippen LogP contribution in [0.1, 0.15) is 19.4 Å². The van der Waals surface area contributed by atoms with E-state index in [0.717, 1.165) is 26.2 Å². The van der Waals surface area contributed by atoms with E-state index in [2.05, 4.69) is 54.4 Å². The molecule has 1 fully saturated rings. The average Bonchev–Trinajstić information content (AvgIpc) is 2.64. The first-order valence-corrected chi connectivity index (χ1v) is 6.52. The summed E-state index contributed by atoms with van der Waals surface area (Å²) in [6.07, 6.45) is 2.04. The third-order valence-corrected chi connectivity index (χ3v) is 4.13. The van der Waals surface area contributed by atoms with Gasteiger partial charge in [0.2, 0.25) is 0 Å². The second kappa shape index (κ2) is 5.41. The van der Waals surface area contributed by atoms with E-state index in [4.69, 9.17) is 5.26 Å². The van der Waals surface area contributed by atoms with Crippen molar-refractivity contribution in [3.8, 4) is 6.19 Å². The summed E-state index contributed by atoms with van der Waals surface area (Å²) < 4.78 is 0. The van der Waals surface area contributed by atoms with Crippen molar-refractivity contribution in [1.29, 1.82) is 5.26 Å². The van der Waals surface area contributed by atoms with Gasteiger partial charge in [-0.25, -0.2) is 0 Å². The van der Waals surface area contributed by atoms with Crippen molar-refractivity contribution in [1.82, 2.24) is 10.2 Å². The summed E-state index contributed by atoms with van der Waals surface area (Å²) in [5, 5.41) is 11.5. The van der Waals surface area contributed by atoms with Crippen LogP contribution in [0.2, 0.25) is 0 Å². The first kappa shape index (κ1) is 12.9. The van der Waals surface area contributed by atoms with Crippen molar-refractivity contribution in [3.05, 3.63) is 35.9 Å². The molecule has 1 heterocycles. The van der Waals surface area contributed by atoms with Crippen LogP contribution in [0, 0.1) is 22.8 Å². The molecular weight excluding hydrogens is 222 g/mol. The molecule has 0 bridgehead atoms. The van der Waals surface area contributed by atoms with Crippen molar-refractivity contribution < 1.29 is 0 Å². The van der Waals surface area contributed by atoms with Gasteiger partial charge in [-0.3, -0.25) is 4.90 Å². The predicted octanol–water partition coefficient (Wildman–Crippen LogP) is 2.22. The summed E-state index contributed by atoms with van der Waals surface area (Å²) in [7, 11) is 0. The zero-order valence-electron chi connectivity index (χ0n) is 11.2. The van der Waals surface area contributed by atoms with Crippen LogP contribution in [0.15, 0.2) is 30.3 Å². The fraction of sp³-hybridized carbons (Fsp3) is 0.533. The highest BCUT2D eigenvalue weighted by Gasteiger charge is 2.39. The summed E-state index contributed by atoms with van der Waals surface area (Å²) in [6.45, 7) is 8.50. The average molecular weight is 243 g/mol. The van der Waals surface area contributed by atoms with E-state index in [9.17, 15) is 0 Å². The number of hydrogen-bond acceptors (Lipinski definition) is 3. The minimum Gasteiger partial charge on any atom is -0.323 e. The molecule has 3 heteroatoms. The first-order chi connectivity index (χ1) is 8.64. The van der Waals surface area contributed by atoms with Crippen LogP contribution in [-0.4, -0.2) is 24.5 Å². The van der Waals surface area contributed by atoms with Gasteiger partial charge in [0.15, 0.2) is 6.19 Å². The van der Waals surface area contributed by atoms with Gasteiger partial charge in [-0.05, 0) is 11.5 Å². The van der Waals surface area contributed by atoms with Crippen LogP contribution < -0.4 is 5.32 Å². The topological polar surface area (TPSA) is 39.1 Å². The van der Waals surface area contributed by atoms with Crippen LogP contribution in [0.3, 0.4) is 0 Å². The monoisotopic (exact) mass is 243 g/mol. The zero-order chi connectivity index (χ0) is 13.0. The van der Waals surface area contributed by atoms with E-state index in [1.165, 1.54) is 5.56 Å². The second-order valence-electron chi connectivity index (χ2n) is 5.68. The second-order valence-corrected chi connectivity index (χ2v) is 5.68.